The number of aliphatic hydroxyl groups excluding tert-OH is 1. The Balaban J connectivity index is 0.000000232. The molecule has 10 heteroatoms. The molecule has 18 heavy (non-hydrogen) atoms. The van der Waals surface area contributed by atoms with E-state index in [1.165, 1.54) is 6.08 Å². The lowest BCUT2D eigenvalue weighted by molar-refractivity contribution is 0.306. The largest absolute Gasteiger partial charge is 0.394 e. The molecule has 0 aliphatic carbocycles. The Morgan fingerprint density at radius 2 is 1.67 bits per heavy atom. The molecule has 0 aliphatic heterocycles. The number of aliphatic hydroxyl groups is 1. The molecule has 0 radical (unpaired) electrons. The topological polar surface area (TPSA) is 164 Å². The Morgan fingerprint density at radius 1 is 1.06 bits per heavy atom. The summed E-state index contributed by atoms with van der Waals surface area (Å²) in [5.74, 6) is 0. The molecule has 0 saturated heterocycles. The van der Waals surface area contributed by atoms with Gasteiger partial charge in [-0.3, -0.25) is 24.7 Å². The van der Waals surface area contributed by atoms with Crippen LogP contribution in [-0.2, 0) is 4.79 Å². The van der Waals surface area contributed by atoms with Crippen LogP contribution in [0, 0.1) is 0 Å². The number of carbonyl (C=O) groups excluding carboxylic acids is 1. The van der Waals surface area contributed by atoms with Gasteiger partial charge in [0.25, 0.3) is 5.56 Å². The van der Waals surface area contributed by atoms with Crippen molar-refractivity contribution in [1.82, 2.24) is 19.9 Å². The van der Waals surface area contributed by atoms with E-state index in [2.05, 4.69) is 19.9 Å². The normalized spacial score (nSPS) is 9.39. The molecule has 0 atom stereocenters. The van der Waals surface area contributed by atoms with Crippen molar-refractivity contribution in [2.75, 3.05) is 13.2 Å². The number of H-pyrrole nitrogens is 4. The summed E-state index contributed by atoms with van der Waals surface area (Å²) in [4.78, 5) is 53.2. The van der Waals surface area contributed by atoms with Crippen LogP contribution in [0.2, 0.25) is 0 Å². The van der Waals surface area contributed by atoms with Crippen molar-refractivity contribution in [2.24, 2.45) is 4.99 Å². The smallest absolute Gasteiger partial charge is 0.327 e. The first-order valence-corrected chi connectivity index (χ1v) is 4.67. The number of hydrogen-bond acceptors (Lipinski definition) is 6. The van der Waals surface area contributed by atoms with Gasteiger partial charge in [0.2, 0.25) is 6.08 Å². The Hall–Kier alpha value is -2.71. The minimum absolute atomic E-state index is 0.0413. The molecule has 2 heterocycles. The number of rotatable bonds is 2. The van der Waals surface area contributed by atoms with E-state index in [0.29, 0.717) is 0 Å². The molecule has 0 spiro atoms. The lowest BCUT2D eigenvalue weighted by Crippen LogP contribution is -2.21. The second-order valence-corrected chi connectivity index (χ2v) is 2.93. The quantitative estimate of drug-likeness (QED) is 0.296. The van der Waals surface area contributed by atoms with Crippen molar-refractivity contribution >= 4 is 17.2 Å². The summed E-state index contributed by atoms with van der Waals surface area (Å²) >= 11 is 0. The minimum atomic E-state index is -0.650. The molecular weight excluding hydrogens is 246 g/mol. The van der Waals surface area contributed by atoms with E-state index >= 15 is 0 Å². The number of aliphatic imine (C=N–C) groups is 1. The van der Waals surface area contributed by atoms with Gasteiger partial charge in [-0.25, -0.2) is 19.4 Å². The maximum absolute atomic E-state index is 10.9. The Kier molecular flexibility index (Phi) is 4.55. The zero-order valence-electron chi connectivity index (χ0n) is 8.94. The predicted molar refractivity (Wildman–Crippen MR) is 60.2 cm³/mol. The summed E-state index contributed by atoms with van der Waals surface area (Å²) in [6.07, 6.45) is 1.28. The van der Waals surface area contributed by atoms with Crippen molar-refractivity contribution in [1.29, 1.82) is 0 Å². The third-order valence-electron chi connectivity index (χ3n) is 1.70. The van der Waals surface area contributed by atoms with Gasteiger partial charge < -0.3 is 5.11 Å². The summed E-state index contributed by atoms with van der Waals surface area (Å²) in [6, 6.07) is 0. The van der Waals surface area contributed by atoms with E-state index in [0.717, 1.165) is 0 Å². The zero-order chi connectivity index (χ0) is 13.5. The fourth-order valence-corrected chi connectivity index (χ4v) is 1.05. The van der Waals surface area contributed by atoms with E-state index in [1.54, 1.807) is 0 Å². The van der Waals surface area contributed by atoms with E-state index in [9.17, 15) is 14.4 Å². The molecule has 0 fully saturated rings. The van der Waals surface area contributed by atoms with Crippen LogP contribution >= 0.6 is 0 Å². The zero-order valence-corrected chi connectivity index (χ0v) is 8.94. The van der Waals surface area contributed by atoms with Crippen LogP contribution in [0.1, 0.15) is 0 Å². The molecule has 5 N–H and O–H groups in total. The van der Waals surface area contributed by atoms with E-state index in [4.69, 9.17) is 9.90 Å². The molecule has 0 aliphatic rings. The van der Waals surface area contributed by atoms with E-state index in [1.807, 2.05) is 4.98 Å². The van der Waals surface area contributed by atoms with Crippen molar-refractivity contribution in [3.05, 3.63) is 31.3 Å². The number of hydrogen-bond donors (Lipinski definition) is 5. The standard InChI is InChI=1S/C5H4N4O3.C3H5NO2/c10-3-1-2(7-4(11)6-1)8-5(12)9-3;5-2-1-4-3-6/h(H4,6,7,8,9,10,11,12);5H,1-2H2. The molecule has 0 amide bonds. The summed E-state index contributed by atoms with van der Waals surface area (Å²) in [5, 5.41) is 7.92. The summed E-state index contributed by atoms with van der Waals surface area (Å²) in [7, 11) is 0. The van der Waals surface area contributed by atoms with Crippen molar-refractivity contribution in [3.8, 4) is 0 Å². The number of isocyanates is 1. The van der Waals surface area contributed by atoms with Crippen LogP contribution in [0.4, 0.5) is 0 Å². The van der Waals surface area contributed by atoms with Crippen LogP contribution in [-0.4, -0.2) is 44.3 Å². The Bertz CT molecular complexity index is 728. The lowest BCUT2D eigenvalue weighted by Gasteiger charge is -1.83. The molecule has 0 saturated carbocycles. The van der Waals surface area contributed by atoms with Crippen molar-refractivity contribution < 1.29 is 9.90 Å². The van der Waals surface area contributed by atoms with Crippen LogP contribution < -0.4 is 16.9 Å². The summed E-state index contributed by atoms with van der Waals surface area (Å²) < 4.78 is 0. The first kappa shape index (κ1) is 13.4. The number of fused-ring (bicyclic) bond motifs is 1. The molecule has 0 unspecified atom stereocenters. The fourth-order valence-electron chi connectivity index (χ4n) is 1.05. The van der Waals surface area contributed by atoms with Gasteiger partial charge in [-0.1, -0.05) is 0 Å². The molecule has 2 aromatic rings. The molecule has 96 valence electrons. The average Bonchev–Trinajstić information content (AvgIpc) is 2.68. The molecule has 10 nitrogen and oxygen atoms in total. The number of nitrogens with one attached hydrogen (secondary N) is 4. The second kappa shape index (κ2) is 6.13. The first-order chi connectivity index (χ1) is 8.58. The van der Waals surface area contributed by atoms with Crippen LogP contribution in [0.25, 0.3) is 11.2 Å². The monoisotopic (exact) mass is 255 g/mol. The van der Waals surface area contributed by atoms with Gasteiger partial charge >= 0.3 is 11.4 Å². The highest BCUT2D eigenvalue weighted by atomic mass is 16.3. The van der Waals surface area contributed by atoms with Gasteiger partial charge in [-0.05, 0) is 0 Å². The second-order valence-electron chi connectivity index (χ2n) is 2.93. The summed E-state index contributed by atoms with van der Waals surface area (Å²) in [5.41, 5.74) is -1.65. The van der Waals surface area contributed by atoms with Crippen LogP contribution in [0.15, 0.2) is 19.4 Å². The third-order valence-corrected chi connectivity index (χ3v) is 1.70. The molecule has 2 aromatic heterocycles. The van der Waals surface area contributed by atoms with Gasteiger partial charge in [-0.15, -0.1) is 0 Å². The van der Waals surface area contributed by atoms with Gasteiger partial charge in [0.05, 0.1) is 13.2 Å². The highest BCUT2D eigenvalue weighted by molar-refractivity contribution is 5.67. The average molecular weight is 255 g/mol. The third kappa shape index (κ3) is 3.40. The Labute approximate surface area is 97.4 Å². The highest BCUT2D eigenvalue weighted by Gasteiger charge is 2.02. The Morgan fingerprint density at radius 3 is 2.17 bits per heavy atom. The predicted octanol–water partition coefficient (Wildman–Crippen LogP) is -2.45. The van der Waals surface area contributed by atoms with E-state index < -0.39 is 16.9 Å². The number of imidazole rings is 1. The number of nitrogens with zero attached hydrogens (tertiary/aromatic N) is 1. The molecule has 0 aromatic carbocycles. The minimum Gasteiger partial charge on any atom is -0.394 e. The van der Waals surface area contributed by atoms with Gasteiger partial charge in [0, 0.05) is 0 Å². The maximum atomic E-state index is 10.9. The van der Waals surface area contributed by atoms with Gasteiger partial charge in [-0.2, -0.15) is 0 Å². The van der Waals surface area contributed by atoms with Crippen LogP contribution in [0.5, 0.6) is 0 Å². The number of aromatic amines is 4. The maximum Gasteiger partial charge on any atom is 0.327 e. The first-order valence-electron chi connectivity index (χ1n) is 4.67. The van der Waals surface area contributed by atoms with E-state index in [-0.39, 0.29) is 24.3 Å². The highest BCUT2D eigenvalue weighted by Crippen LogP contribution is 1.88. The van der Waals surface area contributed by atoms with Crippen molar-refractivity contribution in [3.63, 3.8) is 0 Å². The SMILES string of the molecule is O=C=NCCO.O=c1[nH]c(=O)c2[nH]c(=O)[nH]c2[nH]1. The van der Waals surface area contributed by atoms with Crippen molar-refractivity contribution in [2.45, 2.75) is 0 Å². The fraction of sp³-hybridized carbons (Fsp3) is 0.250. The lowest BCUT2D eigenvalue weighted by atomic mass is 10.5. The molecule has 0 bridgehead atoms. The van der Waals surface area contributed by atoms with Crippen LogP contribution in [0.3, 0.4) is 0 Å². The van der Waals surface area contributed by atoms with Gasteiger partial charge in [0.15, 0.2) is 0 Å². The molecule has 2 rings (SSSR count). The van der Waals surface area contributed by atoms with Gasteiger partial charge in [0.1, 0.15) is 11.2 Å². The molecular formula is C8H9N5O5. The number of aromatic nitrogens is 4. The summed E-state index contributed by atoms with van der Waals surface area (Å²) in [6.45, 7) is 0.0960.